The van der Waals surface area contributed by atoms with Gasteiger partial charge in [0.1, 0.15) is 5.54 Å². The van der Waals surface area contributed by atoms with Crippen molar-refractivity contribution in [3.63, 3.8) is 0 Å². The van der Waals surface area contributed by atoms with Gasteiger partial charge in [-0.2, -0.15) is 0 Å². The summed E-state index contributed by atoms with van der Waals surface area (Å²) in [6.07, 6.45) is 2.21. The number of nitrogens with one attached hydrogen (secondary N) is 1. The fraction of sp³-hybridized carbons (Fsp3) is 0.500. The monoisotopic (exact) mass is 233 g/mol. The first-order valence-electron chi connectivity index (χ1n) is 6.04. The van der Waals surface area contributed by atoms with Crippen molar-refractivity contribution < 1.29 is 9.53 Å². The van der Waals surface area contributed by atoms with Gasteiger partial charge in [-0.25, -0.2) is 0 Å². The van der Waals surface area contributed by atoms with Crippen LogP contribution in [0.25, 0.3) is 0 Å². The number of rotatable bonds is 5. The molecule has 3 heteroatoms. The minimum absolute atomic E-state index is 0.157. The lowest BCUT2D eigenvalue weighted by Crippen LogP contribution is -2.51. The van der Waals surface area contributed by atoms with Crippen molar-refractivity contribution in [2.75, 3.05) is 7.11 Å². The van der Waals surface area contributed by atoms with E-state index in [9.17, 15) is 4.79 Å². The first-order valence-corrected chi connectivity index (χ1v) is 6.04. The van der Waals surface area contributed by atoms with Gasteiger partial charge in [-0.1, -0.05) is 30.3 Å². The third kappa shape index (κ3) is 2.67. The highest BCUT2D eigenvalue weighted by molar-refractivity contribution is 5.81. The van der Waals surface area contributed by atoms with Crippen LogP contribution in [-0.4, -0.2) is 18.6 Å². The molecule has 1 aromatic carbocycles. The lowest BCUT2D eigenvalue weighted by molar-refractivity contribution is -0.149. The van der Waals surface area contributed by atoms with E-state index in [2.05, 4.69) is 17.4 Å². The largest absolute Gasteiger partial charge is 0.468 e. The smallest absolute Gasteiger partial charge is 0.326 e. The van der Waals surface area contributed by atoms with Crippen molar-refractivity contribution in [1.82, 2.24) is 5.32 Å². The molecule has 1 N–H and O–H groups in total. The zero-order valence-electron chi connectivity index (χ0n) is 10.4. The molecule has 0 amide bonds. The Hall–Kier alpha value is -1.35. The quantitative estimate of drug-likeness (QED) is 0.792. The normalized spacial score (nSPS) is 18.5. The SMILES string of the molecule is COC(=O)C(C)(NCc1ccccc1)C1CC1. The summed E-state index contributed by atoms with van der Waals surface area (Å²) in [7, 11) is 1.45. The number of hydrogen-bond acceptors (Lipinski definition) is 3. The van der Waals surface area contributed by atoms with E-state index in [1.54, 1.807) is 0 Å². The van der Waals surface area contributed by atoms with Gasteiger partial charge >= 0.3 is 5.97 Å². The number of methoxy groups -OCH3 is 1. The van der Waals surface area contributed by atoms with Crippen LogP contribution in [0.2, 0.25) is 0 Å². The summed E-state index contributed by atoms with van der Waals surface area (Å²) in [5, 5.41) is 3.35. The Balaban J connectivity index is 2.01. The highest BCUT2D eigenvalue weighted by Gasteiger charge is 2.47. The van der Waals surface area contributed by atoms with E-state index in [-0.39, 0.29) is 5.97 Å². The number of carbonyl (C=O) groups is 1. The third-order valence-electron chi connectivity index (χ3n) is 3.51. The van der Waals surface area contributed by atoms with E-state index in [0.29, 0.717) is 12.5 Å². The molecule has 0 radical (unpaired) electrons. The molecule has 0 aliphatic heterocycles. The van der Waals surface area contributed by atoms with Gasteiger partial charge < -0.3 is 4.74 Å². The Morgan fingerprint density at radius 1 is 1.41 bits per heavy atom. The predicted octanol–water partition coefficient (Wildman–Crippen LogP) is 2.12. The second kappa shape index (κ2) is 4.88. The standard InChI is InChI=1S/C14H19NO2/c1-14(12-8-9-12,13(16)17-2)15-10-11-6-4-3-5-7-11/h3-7,12,15H,8-10H2,1-2H3. The van der Waals surface area contributed by atoms with Gasteiger partial charge in [0.25, 0.3) is 0 Å². The molecule has 17 heavy (non-hydrogen) atoms. The van der Waals surface area contributed by atoms with Gasteiger partial charge in [0.05, 0.1) is 7.11 Å². The van der Waals surface area contributed by atoms with E-state index in [4.69, 9.17) is 4.74 Å². The molecule has 1 aliphatic rings. The molecular weight excluding hydrogens is 214 g/mol. The van der Waals surface area contributed by atoms with Crippen LogP contribution >= 0.6 is 0 Å². The zero-order chi connectivity index (χ0) is 12.3. The number of hydrogen-bond donors (Lipinski definition) is 1. The van der Waals surface area contributed by atoms with E-state index >= 15 is 0 Å². The summed E-state index contributed by atoms with van der Waals surface area (Å²) in [6, 6.07) is 10.1. The molecule has 1 saturated carbocycles. The van der Waals surface area contributed by atoms with E-state index in [1.165, 1.54) is 12.7 Å². The summed E-state index contributed by atoms with van der Waals surface area (Å²) in [5.74, 6) is 0.259. The van der Waals surface area contributed by atoms with Crippen LogP contribution in [0.3, 0.4) is 0 Å². The maximum absolute atomic E-state index is 11.9. The highest BCUT2D eigenvalue weighted by Crippen LogP contribution is 2.40. The van der Waals surface area contributed by atoms with Gasteiger partial charge in [0.2, 0.25) is 0 Å². The van der Waals surface area contributed by atoms with Crippen LogP contribution in [0.1, 0.15) is 25.3 Å². The van der Waals surface area contributed by atoms with Crippen LogP contribution in [0, 0.1) is 5.92 Å². The van der Waals surface area contributed by atoms with Crippen LogP contribution < -0.4 is 5.32 Å². The molecule has 0 bridgehead atoms. The van der Waals surface area contributed by atoms with Crippen LogP contribution in [0.5, 0.6) is 0 Å². The fourth-order valence-corrected chi connectivity index (χ4v) is 2.14. The van der Waals surface area contributed by atoms with E-state index in [0.717, 1.165) is 12.8 Å². The number of benzene rings is 1. The van der Waals surface area contributed by atoms with Gasteiger partial charge in [0, 0.05) is 6.54 Å². The first-order chi connectivity index (χ1) is 8.16. The second-order valence-corrected chi connectivity index (χ2v) is 4.81. The summed E-state index contributed by atoms with van der Waals surface area (Å²) in [6.45, 7) is 2.64. The predicted molar refractivity (Wildman–Crippen MR) is 66.4 cm³/mol. The van der Waals surface area contributed by atoms with Gasteiger partial charge in [-0.05, 0) is 31.2 Å². The number of ether oxygens (including phenoxy) is 1. The Morgan fingerprint density at radius 2 is 2.06 bits per heavy atom. The van der Waals surface area contributed by atoms with Crippen molar-refractivity contribution >= 4 is 5.97 Å². The zero-order valence-corrected chi connectivity index (χ0v) is 10.4. The van der Waals surface area contributed by atoms with Crippen LogP contribution in [0.15, 0.2) is 30.3 Å². The van der Waals surface area contributed by atoms with Gasteiger partial charge in [-0.3, -0.25) is 10.1 Å². The summed E-state index contributed by atoms with van der Waals surface area (Å²) in [5.41, 5.74) is 0.646. The number of carbonyl (C=O) groups excluding carboxylic acids is 1. The Kier molecular flexibility index (Phi) is 3.48. The average molecular weight is 233 g/mol. The van der Waals surface area contributed by atoms with Crippen molar-refractivity contribution in [2.24, 2.45) is 5.92 Å². The van der Waals surface area contributed by atoms with Crippen molar-refractivity contribution in [2.45, 2.75) is 31.8 Å². The van der Waals surface area contributed by atoms with Crippen LogP contribution in [0.4, 0.5) is 0 Å². The molecule has 1 aliphatic carbocycles. The molecular formula is C14H19NO2. The maximum Gasteiger partial charge on any atom is 0.326 e. The van der Waals surface area contributed by atoms with Gasteiger partial charge in [0.15, 0.2) is 0 Å². The van der Waals surface area contributed by atoms with Crippen LogP contribution in [-0.2, 0) is 16.1 Å². The molecule has 92 valence electrons. The Morgan fingerprint density at radius 3 is 2.59 bits per heavy atom. The van der Waals surface area contributed by atoms with Gasteiger partial charge in [-0.15, -0.1) is 0 Å². The average Bonchev–Trinajstić information content (AvgIpc) is 3.20. The van der Waals surface area contributed by atoms with E-state index < -0.39 is 5.54 Å². The van der Waals surface area contributed by atoms with Crippen molar-refractivity contribution in [3.8, 4) is 0 Å². The topological polar surface area (TPSA) is 38.3 Å². The molecule has 0 saturated heterocycles. The molecule has 1 fully saturated rings. The molecule has 1 atom stereocenters. The van der Waals surface area contributed by atoms with Crippen molar-refractivity contribution in [3.05, 3.63) is 35.9 Å². The fourth-order valence-electron chi connectivity index (χ4n) is 2.14. The number of esters is 1. The lowest BCUT2D eigenvalue weighted by atomic mass is 9.95. The Bertz CT molecular complexity index is 386. The molecule has 1 aromatic rings. The minimum atomic E-state index is -0.537. The molecule has 2 rings (SSSR count). The maximum atomic E-state index is 11.9. The molecule has 0 spiro atoms. The van der Waals surface area contributed by atoms with Crippen molar-refractivity contribution in [1.29, 1.82) is 0 Å². The molecule has 1 unspecified atom stereocenters. The summed E-state index contributed by atoms with van der Waals surface area (Å²) < 4.78 is 4.90. The summed E-state index contributed by atoms with van der Waals surface area (Å²) in [4.78, 5) is 11.9. The summed E-state index contributed by atoms with van der Waals surface area (Å²) >= 11 is 0. The minimum Gasteiger partial charge on any atom is -0.468 e. The molecule has 0 heterocycles. The first kappa shape index (κ1) is 12.1. The second-order valence-electron chi connectivity index (χ2n) is 4.81. The molecule has 3 nitrogen and oxygen atoms in total. The molecule has 0 aromatic heterocycles. The van der Waals surface area contributed by atoms with E-state index in [1.807, 2.05) is 25.1 Å². The highest BCUT2D eigenvalue weighted by atomic mass is 16.5. The Labute approximate surface area is 102 Å². The third-order valence-corrected chi connectivity index (χ3v) is 3.51. The lowest BCUT2D eigenvalue weighted by Gasteiger charge is -2.28.